The summed E-state index contributed by atoms with van der Waals surface area (Å²) in [7, 11) is 3.20. The zero-order valence-electron chi connectivity index (χ0n) is 25.4. The molecule has 1 unspecified atom stereocenters. The molecule has 13 heteroatoms. The summed E-state index contributed by atoms with van der Waals surface area (Å²) >= 11 is 0. The lowest BCUT2D eigenvalue weighted by Crippen LogP contribution is -2.44. The Labute approximate surface area is 249 Å². The molecule has 3 rings (SSSR count). The Morgan fingerprint density at radius 3 is 2.47 bits per heavy atom. The molecule has 0 aliphatic rings. The number of anilines is 1. The van der Waals surface area contributed by atoms with Crippen molar-refractivity contribution in [1.29, 1.82) is 0 Å². The van der Waals surface area contributed by atoms with Gasteiger partial charge in [-0.1, -0.05) is 33.8 Å². The Bertz CT molecular complexity index is 1560. The van der Waals surface area contributed by atoms with Crippen molar-refractivity contribution in [3.05, 3.63) is 63.9 Å². The first-order valence-corrected chi connectivity index (χ1v) is 14.2. The van der Waals surface area contributed by atoms with Crippen LogP contribution in [0.1, 0.15) is 57.7 Å². The fourth-order valence-corrected chi connectivity index (χ4v) is 4.55. The number of likely N-dealkylation sites (N-methyl/N-ethyl adjacent to an activating group) is 1. The third-order valence-corrected chi connectivity index (χ3v) is 6.59. The number of aromatic nitrogens is 4. The van der Waals surface area contributed by atoms with Crippen LogP contribution < -0.4 is 16.2 Å². The molecule has 0 bridgehead atoms. The van der Waals surface area contributed by atoms with Crippen LogP contribution in [0.25, 0.3) is 11.0 Å². The molecule has 0 saturated carbocycles. The molecule has 0 aliphatic carbocycles. The summed E-state index contributed by atoms with van der Waals surface area (Å²) in [6.07, 6.45) is 4.12. The maximum atomic E-state index is 14.6. The summed E-state index contributed by atoms with van der Waals surface area (Å²) in [5.41, 5.74) is 1.44. The van der Waals surface area contributed by atoms with E-state index in [0.717, 1.165) is 6.20 Å². The van der Waals surface area contributed by atoms with Crippen LogP contribution in [0, 0.1) is 17.7 Å². The van der Waals surface area contributed by atoms with E-state index in [4.69, 9.17) is 0 Å². The first kappa shape index (κ1) is 33.0. The highest BCUT2D eigenvalue weighted by atomic mass is 19.1. The van der Waals surface area contributed by atoms with Gasteiger partial charge in [-0.3, -0.25) is 19.4 Å². The van der Waals surface area contributed by atoms with Crippen LogP contribution >= 0.6 is 0 Å². The van der Waals surface area contributed by atoms with Crippen LogP contribution in [0.4, 0.5) is 14.9 Å². The molecule has 12 nitrogen and oxygen atoms in total. The number of hydrogen-bond donors (Lipinski definition) is 4. The van der Waals surface area contributed by atoms with E-state index in [9.17, 15) is 28.7 Å². The SMILES string of the molecule is CC(C)Cc1ncc(F)c2nc(Cn3c(CC(C)C)ccc(NC(=O)C(CCC=CC(=O)N(C)C)NC(=O)O)c3=O)[nH]c12. The van der Waals surface area contributed by atoms with Crippen molar-refractivity contribution >= 4 is 34.6 Å². The minimum atomic E-state index is -1.40. The van der Waals surface area contributed by atoms with Crippen LogP contribution in [0.2, 0.25) is 0 Å². The maximum Gasteiger partial charge on any atom is 0.405 e. The second kappa shape index (κ2) is 14.6. The van der Waals surface area contributed by atoms with Gasteiger partial charge in [0.2, 0.25) is 11.8 Å². The number of fused-ring (bicyclic) bond motifs is 1. The van der Waals surface area contributed by atoms with Crippen molar-refractivity contribution in [3.8, 4) is 0 Å². The van der Waals surface area contributed by atoms with Crippen LogP contribution in [0.3, 0.4) is 0 Å². The molecule has 1 atom stereocenters. The van der Waals surface area contributed by atoms with Gasteiger partial charge in [0, 0.05) is 19.8 Å². The van der Waals surface area contributed by atoms with Gasteiger partial charge in [0.25, 0.3) is 5.56 Å². The standard InChI is InChI=1S/C30H40FN7O5/c1-17(2)13-19-11-12-22(33-28(40)21(34-30(42)43)9-7-8-10-25(39)37(5)6)29(41)38(19)16-24-35-26-20(31)15-32-23(14-18(3)4)27(26)36-24/h8,10-12,15,17-18,21,34H,7,9,13-14,16H2,1-6H3,(H,33,40)(H,35,36)(H,42,43). The molecule has 0 spiro atoms. The van der Waals surface area contributed by atoms with Crippen LogP contribution in [0.15, 0.2) is 35.3 Å². The molecule has 0 radical (unpaired) electrons. The van der Waals surface area contributed by atoms with Crippen LogP contribution in [0.5, 0.6) is 0 Å². The smallest absolute Gasteiger partial charge is 0.405 e. The van der Waals surface area contributed by atoms with Gasteiger partial charge in [-0.25, -0.2) is 14.2 Å². The molecule has 0 saturated heterocycles. The number of pyridine rings is 2. The number of aromatic amines is 1. The number of allylic oxidation sites excluding steroid dienone is 1. The predicted octanol–water partition coefficient (Wildman–Crippen LogP) is 3.70. The van der Waals surface area contributed by atoms with Crippen molar-refractivity contribution in [1.82, 2.24) is 29.7 Å². The Balaban J connectivity index is 1.92. The molecule has 0 aromatic carbocycles. The molecular weight excluding hydrogens is 557 g/mol. The molecule has 43 heavy (non-hydrogen) atoms. The Morgan fingerprint density at radius 1 is 1.14 bits per heavy atom. The molecule has 4 N–H and O–H groups in total. The number of nitrogens with one attached hydrogen (secondary N) is 3. The van der Waals surface area contributed by atoms with Gasteiger partial charge in [-0.15, -0.1) is 0 Å². The lowest BCUT2D eigenvalue weighted by Gasteiger charge is -2.18. The number of rotatable bonds is 13. The van der Waals surface area contributed by atoms with Crippen molar-refractivity contribution < 1.29 is 23.9 Å². The highest BCUT2D eigenvalue weighted by Crippen LogP contribution is 2.21. The van der Waals surface area contributed by atoms with E-state index < -0.39 is 29.4 Å². The van der Waals surface area contributed by atoms with Gasteiger partial charge in [0.1, 0.15) is 23.1 Å². The second-order valence-corrected chi connectivity index (χ2v) is 11.5. The van der Waals surface area contributed by atoms with Crippen LogP contribution in [-0.2, 0) is 29.0 Å². The summed E-state index contributed by atoms with van der Waals surface area (Å²) in [4.78, 5) is 63.1. The monoisotopic (exact) mass is 597 g/mol. The lowest BCUT2D eigenvalue weighted by molar-refractivity contribution is -0.123. The zero-order chi connectivity index (χ0) is 31.8. The molecule has 3 aromatic heterocycles. The quantitative estimate of drug-likeness (QED) is 0.218. The summed E-state index contributed by atoms with van der Waals surface area (Å²) in [6, 6.07) is 2.04. The van der Waals surface area contributed by atoms with E-state index in [2.05, 4.69) is 25.6 Å². The normalized spacial score (nSPS) is 12.3. The number of carbonyl (C=O) groups excluding carboxylic acids is 2. The first-order chi connectivity index (χ1) is 20.3. The lowest BCUT2D eigenvalue weighted by atomic mass is 10.1. The average molecular weight is 598 g/mol. The van der Waals surface area contributed by atoms with Gasteiger partial charge >= 0.3 is 6.09 Å². The minimum absolute atomic E-state index is 0.0126. The van der Waals surface area contributed by atoms with Crippen molar-refractivity contribution in [2.75, 3.05) is 19.4 Å². The number of hydrogen-bond acceptors (Lipinski definition) is 6. The summed E-state index contributed by atoms with van der Waals surface area (Å²) < 4.78 is 16.1. The number of nitrogens with zero attached hydrogens (tertiary/aromatic N) is 4. The summed E-state index contributed by atoms with van der Waals surface area (Å²) in [5.74, 6) is -0.688. The molecule has 0 aliphatic heterocycles. The first-order valence-electron chi connectivity index (χ1n) is 14.2. The second-order valence-electron chi connectivity index (χ2n) is 11.5. The van der Waals surface area contributed by atoms with E-state index in [1.165, 1.54) is 21.6 Å². The fourth-order valence-electron chi connectivity index (χ4n) is 4.55. The Kier molecular flexibility index (Phi) is 11.2. The number of imidazole rings is 1. The molecule has 0 fully saturated rings. The number of carboxylic acid groups (broad SMARTS) is 1. The summed E-state index contributed by atoms with van der Waals surface area (Å²) in [6.45, 7) is 8.07. The molecule has 3 heterocycles. The molecule has 3 aromatic rings. The van der Waals surface area contributed by atoms with Gasteiger partial charge in [-0.2, -0.15) is 0 Å². The largest absolute Gasteiger partial charge is 0.465 e. The number of H-pyrrole nitrogens is 1. The van der Waals surface area contributed by atoms with Crippen molar-refractivity contribution in [2.24, 2.45) is 11.8 Å². The summed E-state index contributed by atoms with van der Waals surface area (Å²) in [5, 5.41) is 14.0. The average Bonchev–Trinajstić information content (AvgIpc) is 3.35. The van der Waals surface area contributed by atoms with Gasteiger partial charge in [0.05, 0.1) is 24.0 Å². The molecule has 232 valence electrons. The third kappa shape index (κ3) is 8.97. The fraction of sp³-hybridized carbons (Fsp3) is 0.467. The molecular formula is C30H40FN7O5. The maximum absolute atomic E-state index is 14.6. The molecule has 3 amide bonds. The Hall–Kier alpha value is -4.55. The van der Waals surface area contributed by atoms with E-state index >= 15 is 0 Å². The van der Waals surface area contributed by atoms with Gasteiger partial charge in [-0.05, 0) is 55.7 Å². The van der Waals surface area contributed by atoms with E-state index in [1.54, 1.807) is 26.2 Å². The number of carbonyl (C=O) groups is 3. The number of amides is 3. The van der Waals surface area contributed by atoms with Crippen molar-refractivity contribution in [3.63, 3.8) is 0 Å². The highest BCUT2D eigenvalue weighted by Gasteiger charge is 2.23. The van der Waals surface area contributed by atoms with E-state index in [1.807, 2.05) is 27.7 Å². The van der Waals surface area contributed by atoms with Gasteiger partial charge < -0.3 is 30.2 Å². The third-order valence-electron chi connectivity index (χ3n) is 6.59. The van der Waals surface area contributed by atoms with Gasteiger partial charge in [0.15, 0.2) is 5.82 Å². The topological polar surface area (TPSA) is 162 Å². The Morgan fingerprint density at radius 2 is 1.84 bits per heavy atom. The minimum Gasteiger partial charge on any atom is -0.465 e. The van der Waals surface area contributed by atoms with E-state index in [-0.39, 0.29) is 48.3 Å². The predicted molar refractivity (Wildman–Crippen MR) is 161 cm³/mol. The van der Waals surface area contributed by atoms with Crippen LogP contribution in [-0.4, -0.2) is 67.6 Å². The zero-order valence-corrected chi connectivity index (χ0v) is 25.4. The highest BCUT2D eigenvalue weighted by molar-refractivity contribution is 5.96. The van der Waals surface area contributed by atoms with Crippen molar-refractivity contribution in [2.45, 2.75) is 66.0 Å². The van der Waals surface area contributed by atoms with E-state index in [0.29, 0.717) is 35.6 Å². The number of halogens is 1.